The van der Waals surface area contributed by atoms with E-state index in [0.29, 0.717) is 13.0 Å². The number of aliphatic hydroxyl groups excluding tert-OH is 4. The van der Waals surface area contributed by atoms with Crippen LogP contribution in [0.1, 0.15) is 162 Å². The quantitative estimate of drug-likeness (QED) is 0.0279. The van der Waals surface area contributed by atoms with Crippen molar-refractivity contribution in [2.75, 3.05) is 26.4 Å². The van der Waals surface area contributed by atoms with Crippen molar-refractivity contribution in [2.24, 2.45) is 0 Å². The number of carbonyl (C=O) groups is 1. The summed E-state index contributed by atoms with van der Waals surface area (Å²) in [5, 5.41) is 40.0. The van der Waals surface area contributed by atoms with E-state index in [0.717, 1.165) is 44.9 Å². The average molecular weight is 777 g/mol. The monoisotopic (exact) mass is 777 g/mol. The molecule has 1 rings (SSSR count). The molecule has 0 aromatic rings. The van der Waals surface area contributed by atoms with Gasteiger partial charge < -0.3 is 39.4 Å². The van der Waals surface area contributed by atoms with Gasteiger partial charge in [0.1, 0.15) is 30.5 Å². The predicted octanol–water partition coefficient (Wildman–Crippen LogP) is 9.52. The minimum atomic E-state index is -1.55. The number of allylic oxidation sites excluding steroid dienone is 10. The average Bonchev–Trinajstić information content (AvgIpc) is 3.18. The van der Waals surface area contributed by atoms with Crippen LogP contribution in [0.15, 0.2) is 60.8 Å². The maximum Gasteiger partial charge on any atom is 0.306 e. The lowest BCUT2D eigenvalue weighted by molar-refractivity contribution is -0.305. The van der Waals surface area contributed by atoms with Crippen LogP contribution in [0.3, 0.4) is 0 Å². The third-order valence-corrected chi connectivity index (χ3v) is 9.68. The Hall–Kier alpha value is -2.11. The summed E-state index contributed by atoms with van der Waals surface area (Å²) in [5.74, 6) is -0.395. The molecule has 318 valence electrons. The van der Waals surface area contributed by atoms with Crippen LogP contribution in [-0.4, -0.2) is 89.6 Å². The summed E-state index contributed by atoms with van der Waals surface area (Å²) in [6, 6.07) is 0. The molecule has 1 saturated heterocycles. The van der Waals surface area contributed by atoms with E-state index in [1.165, 1.54) is 89.9 Å². The second kappa shape index (κ2) is 37.5. The fourth-order valence-corrected chi connectivity index (χ4v) is 6.26. The Balaban J connectivity index is 2.30. The molecule has 0 aromatic heterocycles. The number of unbranched alkanes of at least 4 members (excludes halogenated alkanes) is 15. The molecule has 6 unspecified atom stereocenters. The zero-order valence-electron chi connectivity index (χ0n) is 34.7. The Kier molecular flexibility index (Phi) is 34.7. The minimum absolute atomic E-state index is 0.112. The highest BCUT2D eigenvalue weighted by Crippen LogP contribution is 2.22. The molecule has 0 aromatic carbocycles. The van der Waals surface area contributed by atoms with Crippen molar-refractivity contribution in [3.05, 3.63) is 60.8 Å². The van der Waals surface area contributed by atoms with Crippen LogP contribution in [-0.2, 0) is 23.7 Å². The molecule has 1 aliphatic rings. The second-order valence-corrected chi connectivity index (χ2v) is 14.8. The summed E-state index contributed by atoms with van der Waals surface area (Å²) < 4.78 is 22.7. The van der Waals surface area contributed by atoms with Gasteiger partial charge in [0.25, 0.3) is 0 Å². The number of carbonyl (C=O) groups excluding carboxylic acids is 1. The second-order valence-electron chi connectivity index (χ2n) is 14.8. The van der Waals surface area contributed by atoms with E-state index in [1.807, 2.05) is 12.2 Å². The topological polar surface area (TPSA) is 135 Å². The number of aliphatic hydroxyl groups is 4. The molecule has 6 atom stereocenters. The standard InChI is InChI=1S/C46H80O9/c1-3-5-7-9-11-13-15-17-18-19-20-21-22-24-26-28-30-32-34-36-52-38-40(39-53-46-45(51)44(50)43(49)41(37-47)55-46)54-42(48)35-33-31-29-27-25-23-16-14-12-10-8-6-4-2/h6,8,12,14,18-19,23,25,29,31,40-41,43-47,49-51H,3-5,7,9-11,13,15-17,20-22,24,26-28,30,32-39H2,1-2H3/b8-6-,14-12-,19-18-,25-23-,31-29-. The molecular weight excluding hydrogens is 696 g/mol. The van der Waals surface area contributed by atoms with E-state index in [1.54, 1.807) is 0 Å². The molecule has 9 heteroatoms. The van der Waals surface area contributed by atoms with Crippen LogP contribution < -0.4 is 0 Å². The molecule has 0 spiro atoms. The normalized spacial score (nSPS) is 21.3. The smallest absolute Gasteiger partial charge is 0.306 e. The first kappa shape index (κ1) is 50.9. The zero-order chi connectivity index (χ0) is 40.0. The highest BCUT2D eigenvalue weighted by Gasteiger charge is 2.44. The van der Waals surface area contributed by atoms with Gasteiger partial charge in [-0.05, 0) is 64.2 Å². The zero-order valence-corrected chi connectivity index (χ0v) is 34.7. The van der Waals surface area contributed by atoms with Crippen molar-refractivity contribution in [3.63, 3.8) is 0 Å². The van der Waals surface area contributed by atoms with E-state index in [-0.39, 0.29) is 19.6 Å². The first-order valence-electron chi connectivity index (χ1n) is 21.9. The van der Waals surface area contributed by atoms with Crippen molar-refractivity contribution in [2.45, 2.75) is 198 Å². The van der Waals surface area contributed by atoms with Gasteiger partial charge in [0.2, 0.25) is 0 Å². The summed E-state index contributed by atoms with van der Waals surface area (Å²) in [6.07, 6.45) is 39.8. The number of esters is 1. The van der Waals surface area contributed by atoms with Crippen LogP contribution in [0.2, 0.25) is 0 Å². The molecule has 9 nitrogen and oxygen atoms in total. The summed E-state index contributed by atoms with van der Waals surface area (Å²) in [4.78, 5) is 12.7. The van der Waals surface area contributed by atoms with Gasteiger partial charge in [-0.2, -0.15) is 0 Å². The van der Waals surface area contributed by atoms with E-state index in [2.05, 4.69) is 62.5 Å². The van der Waals surface area contributed by atoms with Crippen LogP contribution >= 0.6 is 0 Å². The highest BCUT2D eigenvalue weighted by molar-refractivity contribution is 5.69. The van der Waals surface area contributed by atoms with Crippen LogP contribution in [0.25, 0.3) is 0 Å². The predicted molar refractivity (Wildman–Crippen MR) is 224 cm³/mol. The number of hydrogen-bond donors (Lipinski definition) is 4. The van der Waals surface area contributed by atoms with Crippen molar-refractivity contribution in [1.82, 2.24) is 0 Å². The van der Waals surface area contributed by atoms with Crippen molar-refractivity contribution in [1.29, 1.82) is 0 Å². The molecule has 0 amide bonds. The fraction of sp³-hybridized carbons (Fsp3) is 0.761. The van der Waals surface area contributed by atoms with Crippen LogP contribution in [0.5, 0.6) is 0 Å². The van der Waals surface area contributed by atoms with E-state index in [9.17, 15) is 25.2 Å². The van der Waals surface area contributed by atoms with Gasteiger partial charge in [0.05, 0.1) is 19.8 Å². The third kappa shape index (κ3) is 28.9. The lowest BCUT2D eigenvalue weighted by Gasteiger charge is -2.39. The van der Waals surface area contributed by atoms with E-state index >= 15 is 0 Å². The van der Waals surface area contributed by atoms with Gasteiger partial charge in [-0.3, -0.25) is 4.79 Å². The fourth-order valence-electron chi connectivity index (χ4n) is 6.26. The van der Waals surface area contributed by atoms with Crippen LogP contribution in [0.4, 0.5) is 0 Å². The maximum absolute atomic E-state index is 12.7. The minimum Gasteiger partial charge on any atom is -0.457 e. The molecule has 4 N–H and O–H groups in total. The van der Waals surface area contributed by atoms with Crippen molar-refractivity contribution in [3.8, 4) is 0 Å². The van der Waals surface area contributed by atoms with Gasteiger partial charge in [-0.15, -0.1) is 0 Å². The van der Waals surface area contributed by atoms with Gasteiger partial charge in [0.15, 0.2) is 6.29 Å². The SMILES string of the molecule is CC/C=C\C/C=C\C/C=C\C/C=C\CCC(=O)OC(COCCCCCCCCCC/C=C\CCCCCCCCC)COC1OC(CO)C(O)C(O)C1O. The largest absolute Gasteiger partial charge is 0.457 e. The Morgan fingerprint density at radius 2 is 1.11 bits per heavy atom. The Labute approximate surface area is 335 Å². The summed E-state index contributed by atoms with van der Waals surface area (Å²) in [6.45, 7) is 4.33. The van der Waals surface area contributed by atoms with Gasteiger partial charge in [0, 0.05) is 13.0 Å². The lowest BCUT2D eigenvalue weighted by Crippen LogP contribution is -2.59. The molecule has 0 radical (unpaired) electrons. The third-order valence-electron chi connectivity index (χ3n) is 9.68. The molecule has 1 fully saturated rings. The highest BCUT2D eigenvalue weighted by atomic mass is 16.7. The number of hydrogen-bond acceptors (Lipinski definition) is 9. The van der Waals surface area contributed by atoms with Crippen molar-refractivity contribution >= 4 is 5.97 Å². The molecule has 0 saturated carbocycles. The summed E-state index contributed by atoms with van der Waals surface area (Å²) >= 11 is 0. The maximum atomic E-state index is 12.7. The summed E-state index contributed by atoms with van der Waals surface area (Å²) in [5.41, 5.74) is 0. The first-order valence-corrected chi connectivity index (χ1v) is 21.9. The van der Waals surface area contributed by atoms with E-state index < -0.39 is 49.4 Å². The molecule has 0 aliphatic carbocycles. The Morgan fingerprint density at radius 3 is 1.67 bits per heavy atom. The Morgan fingerprint density at radius 1 is 0.600 bits per heavy atom. The molecule has 0 bridgehead atoms. The molecule has 55 heavy (non-hydrogen) atoms. The molecular formula is C46H80O9. The number of ether oxygens (including phenoxy) is 4. The number of rotatable bonds is 36. The van der Waals surface area contributed by atoms with Gasteiger partial charge in [-0.1, -0.05) is 152 Å². The lowest BCUT2D eigenvalue weighted by atomic mass is 9.99. The van der Waals surface area contributed by atoms with Crippen molar-refractivity contribution < 1.29 is 44.2 Å². The van der Waals surface area contributed by atoms with Gasteiger partial charge in [-0.25, -0.2) is 0 Å². The van der Waals surface area contributed by atoms with E-state index in [4.69, 9.17) is 18.9 Å². The van der Waals surface area contributed by atoms with Gasteiger partial charge >= 0.3 is 5.97 Å². The summed E-state index contributed by atoms with van der Waals surface area (Å²) in [7, 11) is 0. The molecule has 1 heterocycles. The first-order chi connectivity index (χ1) is 26.9. The molecule has 1 aliphatic heterocycles. The van der Waals surface area contributed by atoms with Crippen LogP contribution in [0, 0.1) is 0 Å². The Bertz CT molecular complexity index is 1020.